The van der Waals surface area contributed by atoms with Gasteiger partial charge in [0.05, 0.1) is 6.04 Å². The number of rotatable bonds is 5. The molecule has 0 radical (unpaired) electrons. The van der Waals surface area contributed by atoms with Crippen LogP contribution in [0.5, 0.6) is 0 Å². The highest BCUT2D eigenvalue weighted by molar-refractivity contribution is 6.31. The first-order valence-corrected chi connectivity index (χ1v) is 7.43. The lowest BCUT2D eigenvalue weighted by Gasteiger charge is -2.32. The van der Waals surface area contributed by atoms with Crippen LogP contribution in [0.3, 0.4) is 0 Å². The molecule has 0 fully saturated rings. The smallest absolute Gasteiger partial charge is 0.123 e. The zero-order chi connectivity index (χ0) is 15.4. The van der Waals surface area contributed by atoms with Crippen LogP contribution in [0.4, 0.5) is 10.1 Å². The van der Waals surface area contributed by atoms with Crippen molar-refractivity contribution in [3.63, 3.8) is 0 Å². The van der Waals surface area contributed by atoms with Crippen LogP contribution in [0.25, 0.3) is 0 Å². The Balaban J connectivity index is 2.36. The number of halogens is 2. The maximum Gasteiger partial charge on any atom is 0.123 e. The third-order valence-corrected chi connectivity index (χ3v) is 4.09. The molecule has 0 aliphatic rings. The normalized spacial score (nSPS) is 12.2. The maximum atomic E-state index is 13.1. The Morgan fingerprint density at radius 3 is 2.38 bits per heavy atom. The van der Waals surface area contributed by atoms with Crippen LogP contribution < -0.4 is 10.6 Å². The van der Waals surface area contributed by atoms with Gasteiger partial charge in [0.15, 0.2) is 0 Å². The van der Waals surface area contributed by atoms with Gasteiger partial charge in [0, 0.05) is 23.8 Å². The molecule has 0 saturated carbocycles. The van der Waals surface area contributed by atoms with Gasteiger partial charge >= 0.3 is 0 Å². The van der Waals surface area contributed by atoms with Gasteiger partial charge in [-0.3, -0.25) is 0 Å². The summed E-state index contributed by atoms with van der Waals surface area (Å²) in [6.45, 7) is 5.27. The average Bonchev–Trinajstić information content (AvgIpc) is 2.49. The van der Waals surface area contributed by atoms with Crippen LogP contribution in [-0.4, -0.2) is 13.1 Å². The molecule has 2 nitrogen and oxygen atoms in total. The number of hydrogen-bond acceptors (Lipinski definition) is 2. The maximum absolute atomic E-state index is 13.1. The summed E-state index contributed by atoms with van der Waals surface area (Å²) in [6, 6.07) is 12.5. The quantitative estimate of drug-likeness (QED) is 0.891. The van der Waals surface area contributed by atoms with Crippen molar-refractivity contribution < 1.29 is 4.39 Å². The van der Waals surface area contributed by atoms with Crippen molar-refractivity contribution in [3.8, 4) is 0 Å². The van der Waals surface area contributed by atoms with E-state index in [4.69, 9.17) is 17.3 Å². The van der Waals surface area contributed by atoms with Gasteiger partial charge < -0.3 is 10.6 Å². The molecular formula is C17H20ClFN2. The summed E-state index contributed by atoms with van der Waals surface area (Å²) < 4.78 is 13.1. The fourth-order valence-corrected chi connectivity index (χ4v) is 2.66. The molecule has 21 heavy (non-hydrogen) atoms. The van der Waals surface area contributed by atoms with E-state index in [9.17, 15) is 4.39 Å². The van der Waals surface area contributed by atoms with Crippen LogP contribution in [0.2, 0.25) is 5.02 Å². The summed E-state index contributed by atoms with van der Waals surface area (Å²) in [6.07, 6.45) is 0. The number of likely N-dealkylation sites (N-methyl/N-ethyl adjacent to an activating group) is 1. The second-order valence-electron chi connectivity index (χ2n) is 5.02. The average molecular weight is 307 g/mol. The lowest BCUT2D eigenvalue weighted by Crippen LogP contribution is -2.33. The van der Waals surface area contributed by atoms with E-state index in [-0.39, 0.29) is 11.9 Å². The Morgan fingerprint density at radius 2 is 1.86 bits per heavy atom. The standard InChI is InChI=1S/C17H20ClFN2/c1-3-21(15-8-6-14(19)7-9-15)17(11-20)13-5-4-12(2)16(18)10-13/h4-10,17H,3,11,20H2,1-2H3. The van der Waals surface area contributed by atoms with Crippen LogP contribution >= 0.6 is 11.6 Å². The summed E-state index contributed by atoms with van der Waals surface area (Å²) in [5, 5.41) is 0.737. The fourth-order valence-electron chi connectivity index (χ4n) is 2.48. The minimum atomic E-state index is -0.238. The molecule has 2 aromatic carbocycles. The van der Waals surface area contributed by atoms with Crippen LogP contribution in [0.15, 0.2) is 42.5 Å². The number of hydrogen-bond donors (Lipinski definition) is 1. The van der Waals surface area contributed by atoms with Gasteiger partial charge in [0.25, 0.3) is 0 Å². The highest BCUT2D eigenvalue weighted by Gasteiger charge is 2.19. The Bertz CT molecular complexity index is 598. The molecular weight excluding hydrogens is 287 g/mol. The summed E-state index contributed by atoms with van der Waals surface area (Å²) >= 11 is 6.22. The van der Waals surface area contributed by atoms with Gasteiger partial charge in [-0.05, 0) is 55.3 Å². The first-order chi connectivity index (χ1) is 10.1. The number of benzene rings is 2. The molecule has 0 saturated heterocycles. The van der Waals surface area contributed by atoms with Gasteiger partial charge in [-0.1, -0.05) is 23.7 Å². The van der Waals surface area contributed by atoms with Gasteiger partial charge in [-0.25, -0.2) is 4.39 Å². The first kappa shape index (κ1) is 15.8. The molecule has 0 spiro atoms. The van der Waals surface area contributed by atoms with E-state index < -0.39 is 0 Å². The van der Waals surface area contributed by atoms with Crippen molar-refractivity contribution >= 4 is 17.3 Å². The Kier molecular flexibility index (Phi) is 5.21. The molecule has 0 aliphatic heterocycles. The Morgan fingerprint density at radius 1 is 1.19 bits per heavy atom. The van der Waals surface area contributed by atoms with Crippen molar-refractivity contribution in [2.75, 3.05) is 18.0 Å². The van der Waals surface area contributed by atoms with Crippen LogP contribution in [0.1, 0.15) is 24.1 Å². The molecule has 0 aromatic heterocycles. The third kappa shape index (κ3) is 3.55. The molecule has 0 heterocycles. The fraction of sp³-hybridized carbons (Fsp3) is 0.294. The number of aryl methyl sites for hydroxylation is 1. The van der Waals surface area contributed by atoms with Crippen molar-refractivity contribution in [1.82, 2.24) is 0 Å². The van der Waals surface area contributed by atoms with Crippen molar-refractivity contribution in [2.24, 2.45) is 5.73 Å². The molecule has 1 unspecified atom stereocenters. The molecule has 0 bridgehead atoms. The largest absolute Gasteiger partial charge is 0.363 e. The van der Waals surface area contributed by atoms with Crippen LogP contribution in [0, 0.1) is 12.7 Å². The van der Waals surface area contributed by atoms with E-state index in [0.29, 0.717) is 6.54 Å². The monoisotopic (exact) mass is 306 g/mol. The SMILES string of the molecule is CCN(c1ccc(F)cc1)C(CN)c1ccc(C)c(Cl)c1. The molecule has 112 valence electrons. The number of nitrogens with two attached hydrogens (primary N) is 1. The molecule has 1 atom stereocenters. The van der Waals surface area contributed by atoms with E-state index in [1.54, 1.807) is 12.1 Å². The highest BCUT2D eigenvalue weighted by atomic mass is 35.5. The summed E-state index contributed by atoms with van der Waals surface area (Å²) in [5.74, 6) is -0.238. The zero-order valence-electron chi connectivity index (χ0n) is 12.3. The minimum Gasteiger partial charge on any atom is -0.363 e. The molecule has 2 rings (SSSR count). The molecule has 0 aliphatic carbocycles. The van der Waals surface area contributed by atoms with Crippen molar-refractivity contribution in [3.05, 3.63) is 64.4 Å². The topological polar surface area (TPSA) is 29.3 Å². The summed E-state index contributed by atoms with van der Waals surface area (Å²) in [4.78, 5) is 2.15. The molecule has 2 aromatic rings. The zero-order valence-corrected chi connectivity index (χ0v) is 13.1. The Hall–Kier alpha value is -1.58. The van der Waals surface area contributed by atoms with Gasteiger partial charge in [0.1, 0.15) is 5.82 Å². The number of nitrogens with zero attached hydrogens (tertiary/aromatic N) is 1. The van der Waals surface area contributed by atoms with E-state index >= 15 is 0 Å². The summed E-state index contributed by atoms with van der Waals surface area (Å²) in [7, 11) is 0. The van der Waals surface area contributed by atoms with Gasteiger partial charge in [-0.2, -0.15) is 0 Å². The van der Waals surface area contributed by atoms with Crippen LogP contribution in [-0.2, 0) is 0 Å². The van der Waals surface area contributed by atoms with E-state index in [0.717, 1.165) is 28.4 Å². The minimum absolute atomic E-state index is 0.0126. The second-order valence-corrected chi connectivity index (χ2v) is 5.43. The van der Waals surface area contributed by atoms with Crippen molar-refractivity contribution in [2.45, 2.75) is 19.9 Å². The van der Waals surface area contributed by atoms with Gasteiger partial charge in [0.2, 0.25) is 0 Å². The molecule has 4 heteroatoms. The second kappa shape index (κ2) is 6.92. The predicted octanol–water partition coefficient (Wildman–Crippen LogP) is 4.31. The lowest BCUT2D eigenvalue weighted by molar-refractivity contribution is 0.622. The Labute approximate surface area is 130 Å². The highest BCUT2D eigenvalue weighted by Crippen LogP contribution is 2.29. The van der Waals surface area contributed by atoms with E-state index in [2.05, 4.69) is 11.8 Å². The molecule has 2 N–H and O–H groups in total. The summed E-state index contributed by atoms with van der Waals surface area (Å²) in [5.41, 5.74) is 9.04. The third-order valence-electron chi connectivity index (χ3n) is 3.68. The molecule has 0 amide bonds. The van der Waals surface area contributed by atoms with E-state index in [1.807, 2.05) is 25.1 Å². The van der Waals surface area contributed by atoms with Gasteiger partial charge in [-0.15, -0.1) is 0 Å². The lowest BCUT2D eigenvalue weighted by atomic mass is 10.0. The predicted molar refractivity (Wildman–Crippen MR) is 87.4 cm³/mol. The van der Waals surface area contributed by atoms with Crippen molar-refractivity contribution in [1.29, 1.82) is 0 Å². The first-order valence-electron chi connectivity index (χ1n) is 7.05. The number of anilines is 1. The van der Waals surface area contributed by atoms with E-state index in [1.165, 1.54) is 12.1 Å².